The number of hydrogen-bond donors (Lipinski definition) is 2. The largest absolute Gasteiger partial charge is 0.463 e. The van der Waals surface area contributed by atoms with Crippen molar-refractivity contribution >= 4 is 12.0 Å². The summed E-state index contributed by atoms with van der Waals surface area (Å²) in [5.41, 5.74) is 0.692. The number of imidazole rings is 1. The van der Waals surface area contributed by atoms with Gasteiger partial charge in [-0.1, -0.05) is 0 Å². The maximum atomic E-state index is 12.9. The Morgan fingerprint density at radius 3 is 2.84 bits per heavy atom. The lowest BCUT2D eigenvalue weighted by Gasteiger charge is -2.29. The molecule has 1 atom stereocenters. The van der Waals surface area contributed by atoms with Gasteiger partial charge in [-0.3, -0.25) is 9.47 Å². The van der Waals surface area contributed by atoms with Crippen LogP contribution < -0.4 is 10.6 Å². The van der Waals surface area contributed by atoms with Crippen molar-refractivity contribution in [3.8, 4) is 0 Å². The van der Waals surface area contributed by atoms with E-state index >= 15 is 0 Å². The summed E-state index contributed by atoms with van der Waals surface area (Å²) < 4.78 is 31.6. The molecule has 1 aliphatic rings. The zero-order valence-electron chi connectivity index (χ0n) is 14.3. The Kier molecular flexibility index (Phi) is 6.07. The molecule has 2 heterocycles. The van der Waals surface area contributed by atoms with E-state index in [4.69, 9.17) is 4.74 Å². The van der Waals surface area contributed by atoms with Gasteiger partial charge in [-0.05, 0) is 20.9 Å². The molecule has 25 heavy (non-hydrogen) atoms. The van der Waals surface area contributed by atoms with Crippen LogP contribution in [0, 0.1) is 0 Å². The van der Waals surface area contributed by atoms with Gasteiger partial charge in [0.1, 0.15) is 5.82 Å². The number of nitrogens with one attached hydrogen (secondary N) is 2. The SMILES string of the molecule is CCOC(=O)C1=C(CN(C)Cc2nccn2C(F)F)NC(=O)NC1C. The molecule has 0 spiro atoms. The molecule has 2 rings (SSSR count). The summed E-state index contributed by atoms with van der Waals surface area (Å²) in [6.45, 7) is 1.18. The first kappa shape index (κ1) is 18.8. The van der Waals surface area contributed by atoms with Gasteiger partial charge >= 0.3 is 18.5 Å². The maximum Gasteiger partial charge on any atom is 0.337 e. The predicted octanol–water partition coefficient (Wildman–Crippen LogP) is 1.23. The smallest absolute Gasteiger partial charge is 0.337 e. The zero-order chi connectivity index (χ0) is 18.6. The van der Waals surface area contributed by atoms with Gasteiger partial charge in [-0.25, -0.2) is 14.6 Å². The summed E-state index contributed by atoms with van der Waals surface area (Å²) in [6, 6.07) is -0.947. The molecule has 138 valence electrons. The number of carbonyl (C=O) groups is 2. The third-order valence-corrected chi connectivity index (χ3v) is 3.66. The summed E-state index contributed by atoms with van der Waals surface area (Å²) in [6.07, 6.45) is 2.50. The lowest BCUT2D eigenvalue weighted by molar-refractivity contribution is -0.139. The van der Waals surface area contributed by atoms with E-state index in [1.807, 2.05) is 0 Å². The number of halogens is 2. The molecule has 1 aromatic rings. The van der Waals surface area contributed by atoms with Crippen LogP contribution in [0.25, 0.3) is 0 Å². The number of hydrogen-bond acceptors (Lipinski definition) is 5. The van der Waals surface area contributed by atoms with E-state index in [-0.39, 0.29) is 25.5 Å². The van der Waals surface area contributed by atoms with Crippen LogP contribution in [0.15, 0.2) is 23.7 Å². The molecular formula is C15H21F2N5O3. The quantitative estimate of drug-likeness (QED) is 0.717. The van der Waals surface area contributed by atoms with Gasteiger partial charge in [0.15, 0.2) is 0 Å². The van der Waals surface area contributed by atoms with Crippen LogP contribution in [0.1, 0.15) is 26.2 Å². The number of ether oxygens (including phenoxy) is 1. The Balaban J connectivity index is 2.18. The molecule has 0 fully saturated rings. The van der Waals surface area contributed by atoms with Crippen molar-refractivity contribution in [2.45, 2.75) is 33.0 Å². The van der Waals surface area contributed by atoms with Gasteiger partial charge in [0.25, 0.3) is 0 Å². The van der Waals surface area contributed by atoms with E-state index in [1.54, 1.807) is 25.8 Å². The minimum Gasteiger partial charge on any atom is -0.463 e. The van der Waals surface area contributed by atoms with Crippen molar-refractivity contribution in [2.75, 3.05) is 20.2 Å². The van der Waals surface area contributed by atoms with Crippen LogP contribution >= 0.6 is 0 Å². The molecule has 0 aromatic carbocycles. The topological polar surface area (TPSA) is 88.5 Å². The Bertz CT molecular complexity index is 674. The molecule has 1 unspecified atom stereocenters. The van der Waals surface area contributed by atoms with Crippen molar-refractivity contribution in [3.05, 3.63) is 29.5 Å². The van der Waals surface area contributed by atoms with Crippen LogP contribution in [-0.2, 0) is 16.1 Å². The highest BCUT2D eigenvalue weighted by Gasteiger charge is 2.30. The van der Waals surface area contributed by atoms with Crippen LogP contribution in [0.2, 0.25) is 0 Å². The van der Waals surface area contributed by atoms with Crippen molar-refractivity contribution in [2.24, 2.45) is 0 Å². The second-order valence-corrected chi connectivity index (χ2v) is 5.63. The maximum absolute atomic E-state index is 12.9. The summed E-state index contributed by atoms with van der Waals surface area (Å²) in [4.78, 5) is 29.5. The van der Waals surface area contributed by atoms with E-state index in [0.717, 1.165) is 4.57 Å². The number of aromatic nitrogens is 2. The first-order valence-corrected chi connectivity index (χ1v) is 7.79. The van der Waals surface area contributed by atoms with Crippen LogP contribution in [0.4, 0.5) is 13.6 Å². The average Bonchev–Trinajstić information content (AvgIpc) is 2.94. The van der Waals surface area contributed by atoms with Gasteiger partial charge < -0.3 is 15.4 Å². The highest BCUT2D eigenvalue weighted by atomic mass is 19.3. The third kappa shape index (κ3) is 4.53. The molecule has 0 radical (unpaired) electrons. The number of amides is 2. The van der Waals surface area contributed by atoms with E-state index in [2.05, 4.69) is 15.6 Å². The Morgan fingerprint density at radius 1 is 1.48 bits per heavy atom. The van der Waals surface area contributed by atoms with Gasteiger partial charge in [-0.15, -0.1) is 0 Å². The molecule has 8 nitrogen and oxygen atoms in total. The molecule has 1 aliphatic heterocycles. The lowest BCUT2D eigenvalue weighted by atomic mass is 10.0. The van der Waals surface area contributed by atoms with Gasteiger partial charge in [0, 0.05) is 24.6 Å². The first-order chi connectivity index (χ1) is 11.8. The molecule has 10 heteroatoms. The third-order valence-electron chi connectivity index (χ3n) is 3.66. The van der Waals surface area contributed by atoms with Crippen molar-refractivity contribution in [3.63, 3.8) is 0 Å². The number of carbonyl (C=O) groups excluding carboxylic acids is 2. The van der Waals surface area contributed by atoms with E-state index < -0.39 is 24.6 Å². The molecular weight excluding hydrogens is 336 g/mol. The second kappa shape index (κ2) is 8.06. The first-order valence-electron chi connectivity index (χ1n) is 7.79. The predicted molar refractivity (Wildman–Crippen MR) is 84.6 cm³/mol. The second-order valence-electron chi connectivity index (χ2n) is 5.63. The number of urea groups is 1. The molecule has 0 bridgehead atoms. The number of likely N-dealkylation sites (N-methyl/N-ethyl adjacent to an activating group) is 1. The van der Waals surface area contributed by atoms with E-state index in [9.17, 15) is 18.4 Å². The lowest BCUT2D eigenvalue weighted by Crippen LogP contribution is -2.51. The zero-order valence-corrected chi connectivity index (χ0v) is 14.3. The standard InChI is InChI=1S/C15H21F2N5O3/c1-4-25-13(23)12-9(2)19-15(24)20-10(12)7-21(3)8-11-18-5-6-22(11)14(16)17/h5-6,9,14H,4,7-8H2,1-3H3,(H2,19,20,24). The molecule has 1 aromatic heterocycles. The molecule has 2 N–H and O–H groups in total. The number of alkyl halides is 2. The molecule has 0 saturated heterocycles. The molecule has 0 aliphatic carbocycles. The van der Waals surface area contributed by atoms with Gasteiger partial charge in [-0.2, -0.15) is 8.78 Å². The van der Waals surface area contributed by atoms with Gasteiger partial charge in [0.05, 0.1) is 24.8 Å². The van der Waals surface area contributed by atoms with Crippen molar-refractivity contribution < 1.29 is 23.1 Å². The van der Waals surface area contributed by atoms with Gasteiger partial charge in [0.2, 0.25) is 0 Å². The normalized spacial score (nSPS) is 17.7. The van der Waals surface area contributed by atoms with Crippen molar-refractivity contribution in [1.82, 2.24) is 25.1 Å². The summed E-state index contributed by atoms with van der Waals surface area (Å²) in [5.74, 6) is -0.343. The number of rotatable bonds is 7. The fraction of sp³-hybridized carbons (Fsp3) is 0.533. The monoisotopic (exact) mass is 357 g/mol. The highest BCUT2D eigenvalue weighted by molar-refractivity contribution is 5.94. The van der Waals surface area contributed by atoms with E-state index in [1.165, 1.54) is 12.4 Å². The molecule has 2 amide bonds. The minimum absolute atomic E-state index is 0.120. The Morgan fingerprint density at radius 2 is 2.20 bits per heavy atom. The highest BCUT2D eigenvalue weighted by Crippen LogP contribution is 2.17. The van der Waals surface area contributed by atoms with Crippen LogP contribution in [-0.4, -0.2) is 52.7 Å². The summed E-state index contributed by atoms with van der Waals surface area (Å²) in [5, 5.41) is 5.19. The minimum atomic E-state index is -2.68. The number of esters is 1. The Hall–Kier alpha value is -2.49. The molecule has 0 saturated carbocycles. The fourth-order valence-electron chi connectivity index (χ4n) is 2.62. The van der Waals surface area contributed by atoms with E-state index in [0.29, 0.717) is 11.3 Å². The average molecular weight is 357 g/mol. The van der Waals surface area contributed by atoms with Crippen LogP contribution in [0.3, 0.4) is 0 Å². The Labute approximate surface area is 143 Å². The van der Waals surface area contributed by atoms with Crippen molar-refractivity contribution in [1.29, 1.82) is 0 Å². The van der Waals surface area contributed by atoms with Crippen LogP contribution in [0.5, 0.6) is 0 Å². The summed E-state index contributed by atoms with van der Waals surface area (Å²) >= 11 is 0. The number of nitrogens with zero attached hydrogens (tertiary/aromatic N) is 3. The fourth-order valence-corrected chi connectivity index (χ4v) is 2.62. The summed E-state index contributed by atoms with van der Waals surface area (Å²) in [7, 11) is 1.68.